The van der Waals surface area contributed by atoms with Gasteiger partial charge in [0, 0.05) is 11.6 Å². The van der Waals surface area contributed by atoms with E-state index in [9.17, 15) is 19.2 Å². The van der Waals surface area contributed by atoms with Gasteiger partial charge in [-0.25, -0.2) is 4.79 Å². The van der Waals surface area contributed by atoms with Gasteiger partial charge in [0.05, 0.1) is 6.42 Å². The SMILES string of the molecule is CCc1ccc(C(C(=O)NC(C)C)N(C(=O)C(CC(N)=O)NC(=O)OC(C)(C)C)C(C)(C)C)cc1. The van der Waals surface area contributed by atoms with E-state index < -0.39 is 47.6 Å². The highest BCUT2D eigenvalue weighted by atomic mass is 16.6. The van der Waals surface area contributed by atoms with Crippen LogP contribution in [-0.2, 0) is 25.5 Å². The molecule has 2 unspecified atom stereocenters. The lowest BCUT2D eigenvalue weighted by Gasteiger charge is -2.43. The molecule has 0 spiro atoms. The van der Waals surface area contributed by atoms with E-state index in [4.69, 9.17) is 10.5 Å². The molecule has 1 aromatic carbocycles. The Morgan fingerprint density at radius 1 is 0.971 bits per heavy atom. The molecule has 0 saturated heterocycles. The molecule has 0 fully saturated rings. The highest BCUT2D eigenvalue weighted by molar-refractivity contribution is 5.95. The lowest BCUT2D eigenvalue weighted by Crippen LogP contribution is -2.59. The molecule has 35 heavy (non-hydrogen) atoms. The minimum absolute atomic E-state index is 0.168. The number of nitrogens with one attached hydrogen (secondary N) is 2. The number of aryl methyl sites for hydroxylation is 1. The topological polar surface area (TPSA) is 131 Å². The fraction of sp³-hybridized carbons (Fsp3) is 0.615. The van der Waals surface area contributed by atoms with Crippen molar-refractivity contribution in [3.05, 3.63) is 35.4 Å². The van der Waals surface area contributed by atoms with Gasteiger partial charge in [-0.05, 0) is 72.9 Å². The summed E-state index contributed by atoms with van der Waals surface area (Å²) in [6, 6.07) is 4.97. The zero-order chi connectivity index (χ0) is 27.1. The van der Waals surface area contributed by atoms with E-state index >= 15 is 0 Å². The van der Waals surface area contributed by atoms with Gasteiger partial charge in [-0.15, -0.1) is 0 Å². The van der Waals surface area contributed by atoms with Gasteiger partial charge >= 0.3 is 6.09 Å². The summed E-state index contributed by atoms with van der Waals surface area (Å²) in [6.07, 6.45) is -0.481. The van der Waals surface area contributed by atoms with Crippen LogP contribution in [0, 0.1) is 0 Å². The van der Waals surface area contributed by atoms with E-state index in [2.05, 4.69) is 10.6 Å². The first-order valence-corrected chi connectivity index (χ1v) is 12.0. The fourth-order valence-corrected chi connectivity index (χ4v) is 3.58. The number of rotatable bonds is 9. The highest BCUT2D eigenvalue weighted by Gasteiger charge is 2.42. The van der Waals surface area contributed by atoms with Crippen molar-refractivity contribution in [2.24, 2.45) is 5.73 Å². The number of amides is 4. The van der Waals surface area contributed by atoms with Crippen molar-refractivity contribution in [1.29, 1.82) is 0 Å². The smallest absolute Gasteiger partial charge is 0.408 e. The molecule has 0 aromatic heterocycles. The van der Waals surface area contributed by atoms with Gasteiger partial charge in [-0.2, -0.15) is 0 Å². The quantitative estimate of drug-likeness (QED) is 0.489. The number of hydrogen-bond acceptors (Lipinski definition) is 5. The van der Waals surface area contributed by atoms with Gasteiger partial charge in [0.1, 0.15) is 17.7 Å². The number of alkyl carbamates (subject to hydrolysis) is 1. The van der Waals surface area contributed by atoms with Gasteiger partial charge in [-0.3, -0.25) is 14.4 Å². The van der Waals surface area contributed by atoms with Crippen LogP contribution in [0.25, 0.3) is 0 Å². The van der Waals surface area contributed by atoms with Crippen LogP contribution in [0.2, 0.25) is 0 Å². The predicted octanol–water partition coefficient (Wildman–Crippen LogP) is 3.21. The summed E-state index contributed by atoms with van der Waals surface area (Å²) >= 11 is 0. The molecule has 1 rings (SSSR count). The van der Waals surface area contributed by atoms with Crippen LogP contribution in [0.3, 0.4) is 0 Å². The number of hydrogen-bond donors (Lipinski definition) is 3. The summed E-state index contributed by atoms with van der Waals surface area (Å²) in [4.78, 5) is 53.1. The zero-order valence-electron chi connectivity index (χ0n) is 22.5. The average Bonchev–Trinajstić information content (AvgIpc) is 2.67. The molecule has 0 saturated carbocycles. The Hall–Kier alpha value is -3.10. The standard InChI is InChI=1S/C26H42N4O5/c1-10-17-11-13-18(14-12-17)21(22(32)28-16(2)3)30(25(4,5)6)23(33)19(15-20(27)31)29-24(34)35-26(7,8)9/h11-14,16,19,21H,10,15H2,1-9H3,(H2,27,31)(H,28,32)(H,29,34). The van der Waals surface area contributed by atoms with Crippen LogP contribution in [0.4, 0.5) is 4.79 Å². The van der Waals surface area contributed by atoms with Crippen LogP contribution < -0.4 is 16.4 Å². The molecule has 196 valence electrons. The van der Waals surface area contributed by atoms with Gasteiger partial charge < -0.3 is 26.0 Å². The molecule has 0 aliphatic carbocycles. The van der Waals surface area contributed by atoms with E-state index in [0.29, 0.717) is 5.56 Å². The Morgan fingerprint density at radius 2 is 1.51 bits per heavy atom. The Kier molecular flexibility index (Phi) is 10.3. The van der Waals surface area contributed by atoms with Crippen LogP contribution in [0.1, 0.15) is 85.9 Å². The first-order chi connectivity index (χ1) is 16.0. The molecule has 0 radical (unpaired) electrons. The summed E-state index contributed by atoms with van der Waals surface area (Å²) < 4.78 is 5.28. The minimum atomic E-state index is -1.31. The summed E-state index contributed by atoms with van der Waals surface area (Å²) in [7, 11) is 0. The van der Waals surface area contributed by atoms with Crippen molar-refractivity contribution in [3.63, 3.8) is 0 Å². The Labute approximate surface area is 209 Å². The van der Waals surface area contributed by atoms with Crippen LogP contribution in [-0.4, -0.2) is 51.9 Å². The molecule has 1 aromatic rings. The van der Waals surface area contributed by atoms with Crippen molar-refractivity contribution in [2.75, 3.05) is 0 Å². The van der Waals surface area contributed by atoms with Crippen molar-refractivity contribution in [1.82, 2.24) is 15.5 Å². The largest absolute Gasteiger partial charge is 0.444 e. The number of primary amides is 1. The molecule has 4 amide bonds. The minimum Gasteiger partial charge on any atom is -0.444 e. The van der Waals surface area contributed by atoms with Gasteiger partial charge in [0.2, 0.25) is 17.7 Å². The third-order valence-electron chi connectivity index (χ3n) is 5.00. The second-order valence-corrected chi connectivity index (χ2v) is 10.9. The lowest BCUT2D eigenvalue weighted by molar-refractivity contribution is -0.149. The second-order valence-electron chi connectivity index (χ2n) is 10.9. The Bertz CT molecular complexity index is 898. The van der Waals surface area contributed by atoms with Crippen LogP contribution >= 0.6 is 0 Å². The maximum absolute atomic E-state index is 13.9. The van der Waals surface area contributed by atoms with Crippen LogP contribution in [0.5, 0.6) is 0 Å². The van der Waals surface area contributed by atoms with Gasteiger partial charge in [-0.1, -0.05) is 31.2 Å². The third-order valence-corrected chi connectivity index (χ3v) is 5.00. The fourth-order valence-electron chi connectivity index (χ4n) is 3.58. The second kappa shape index (κ2) is 12.0. The first-order valence-electron chi connectivity index (χ1n) is 12.0. The van der Waals surface area contributed by atoms with Crippen molar-refractivity contribution in [2.45, 2.75) is 104 Å². The average molecular weight is 491 g/mol. The van der Waals surface area contributed by atoms with E-state index in [1.165, 1.54) is 4.90 Å². The van der Waals surface area contributed by atoms with Gasteiger partial charge in [0.15, 0.2) is 0 Å². The monoisotopic (exact) mass is 490 g/mol. The van der Waals surface area contributed by atoms with E-state index in [1.807, 2.05) is 45.0 Å². The lowest BCUT2D eigenvalue weighted by atomic mass is 9.94. The van der Waals surface area contributed by atoms with E-state index in [1.54, 1.807) is 41.5 Å². The Morgan fingerprint density at radius 3 is 1.91 bits per heavy atom. The molecular weight excluding hydrogens is 448 g/mol. The molecule has 0 heterocycles. The van der Waals surface area contributed by atoms with Crippen molar-refractivity contribution < 1.29 is 23.9 Å². The van der Waals surface area contributed by atoms with E-state index in [-0.39, 0.29) is 11.9 Å². The summed E-state index contributed by atoms with van der Waals surface area (Å²) in [5.74, 6) is -1.77. The predicted molar refractivity (Wildman–Crippen MR) is 135 cm³/mol. The van der Waals surface area contributed by atoms with Crippen LogP contribution in [0.15, 0.2) is 24.3 Å². The molecule has 0 aliphatic heterocycles. The number of carbonyl (C=O) groups excluding carboxylic acids is 4. The van der Waals surface area contributed by atoms with Crippen molar-refractivity contribution in [3.8, 4) is 0 Å². The summed E-state index contributed by atoms with van der Waals surface area (Å²) in [5, 5.41) is 5.37. The first kappa shape index (κ1) is 29.9. The zero-order valence-corrected chi connectivity index (χ0v) is 22.5. The third kappa shape index (κ3) is 9.58. The highest BCUT2D eigenvalue weighted by Crippen LogP contribution is 2.31. The number of ether oxygens (including phenoxy) is 1. The number of nitrogens with zero attached hydrogens (tertiary/aromatic N) is 1. The van der Waals surface area contributed by atoms with Crippen molar-refractivity contribution >= 4 is 23.8 Å². The summed E-state index contributed by atoms with van der Waals surface area (Å²) in [5.41, 5.74) is 5.44. The molecule has 9 heteroatoms. The van der Waals surface area contributed by atoms with E-state index in [0.717, 1.165) is 12.0 Å². The Balaban J connectivity index is 3.57. The molecule has 2 atom stereocenters. The molecular formula is C26H42N4O5. The normalized spacial score (nSPS) is 13.5. The maximum atomic E-state index is 13.9. The maximum Gasteiger partial charge on any atom is 0.408 e. The summed E-state index contributed by atoms with van der Waals surface area (Å²) in [6.45, 7) is 16.1. The van der Waals surface area contributed by atoms with Gasteiger partial charge in [0.25, 0.3) is 0 Å². The molecule has 0 aliphatic rings. The number of benzene rings is 1. The molecule has 4 N–H and O–H groups in total. The number of nitrogens with two attached hydrogens (primary N) is 1. The molecule has 9 nitrogen and oxygen atoms in total. The molecule has 0 bridgehead atoms. The number of carbonyl (C=O) groups is 4.